The average molecular weight is 337 g/mol. The van der Waals surface area contributed by atoms with Crippen molar-refractivity contribution in [3.63, 3.8) is 0 Å². The number of nitrogens with zero attached hydrogens (tertiary/aromatic N) is 1. The van der Waals surface area contributed by atoms with Gasteiger partial charge in [0.05, 0.1) is 6.61 Å². The minimum atomic E-state index is -0.467. The molecule has 0 spiro atoms. The first-order chi connectivity index (χ1) is 10.7. The van der Waals surface area contributed by atoms with Crippen molar-refractivity contribution in [2.24, 2.45) is 4.99 Å². The van der Waals surface area contributed by atoms with Crippen molar-refractivity contribution in [3.8, 4) is 11.5 Å². The van der Waals surface area contributed by atoms with Crippen LogP contribution in [0.15, 0.2) is 28.9 Å². The summed E-state index contributed by atoms with van der Waals surface area (Å²) in [6.07, 6.45) is 1.65. The van der Waals surface area contributed by atoms with E-state index in [0.29, 0.717) is 15.9 Å². The van der Waals surface area contributed by atoms with Gasteiger partial charge in [-0.2, -0.15) is 0 Å². The monoisotopic (exact) mass is 337 g/mol. The van der Waals surface area contributed by atoms with Crippen LogP contribution in [0.2, 0.25) is 0 Å². The van der Waals surface area contributed by atoms with Crippen molar-refractivity contribution in [2.45, 2.75) is 6.92 Å². The summed E-state index contributed by atoms with van der Waals surface area (Å²) in [5, 5.41) is -0.671. The molecule has 0 saturated heterocycles. The zero-order valence-electron chi connectivity index (χ0n) is 11.5. The number of aliphatic imine (C=N–C) groups is 1. The van der Waals surface area contributed by atoms with E-state index in [1.165, 1.54) is 0 Å². The fraction of sp³-hybridized carbons (Fsp3) is 0.214. The van der Waals surface area contributed by atoms with Crippen molar-refractivity contribution in [1.82, 2.24) is 0 Å². The fourth-order valence-electron chi connectivity index (χ4n) is 1.81. The molecule has 3 rings (SSSR count). The van der Waals surface area contributed by atoms with Crippen LogP contribution >= 0.6 is 23.5 Å². The van der Waals surface area contributed by atoms with E-state index >= 15 is 0 Å². The number of carbonyl (C=O) groups is 2. The summed E-state index contributed by atoms with van der Waals surface area (Å²) in [5.41, 5.74) is 1.06. The highest BCUT2D eigenvalue weighted by Crippen LogP contribution is 2.35. The van der Waals surface area contributed by atoms with Crippen LogP contribution in [0.5, 0.6) is 11.5 Å². The lowest BCUT2D eigenvalue weighted by Gasteiger charge is -1.98. The molecular weight excluding hydrogens is 326 g/mol. The first-order valence-electron chi connectivity index (χ1n) is 6.42. The van der Waals surface area contributed by atoms with Crippen LogP contribution in [0.1, 0.15) is 12.5 Å². The summed E-state index contributed by atoms with van der Waals surface area (Å²) >= 11 is 1.74. The Morgan fingerprint density at radius 2 is 2.27 bits per heavy atom. The summed E-state index contributed by atoms with van der Waals surface area (Å²) < 4.78 is 15.7. The van der Waals surface area contributed by atoms with Crippen LogP contribution in [0.25, 0.3) is 6.08 Å². The van der Waals surface area contributed by atoms with Gasteiger partial charge in [-0.05, 0) is 42.5 Å². The van der Waals surface area contributed by atoms with Gasteiger partial charge in [0.2, 0.25) is 11.9 Å². The molecule has 0 amide bonds. The number of thioether (sulfide) groups is 2. The van der Waals surface area contributed by atoms with Gasteiger partial charge in [0.25, 0.3) is 0 Å². The third-order valence-electron chi connectivity index (χ3n) is 2.73. The number of carbonyl (C=O) groups excluding carboxylic acids is 2. The highest BCUT2D eigenvalue weighted by Gasteiger charge is 2.25. The molecule has 0 aliphatic carbocycles. The van der Waals surface area contributed by atoms with E-state index in [-0.39, 0.29) is 24.2 Å². The van der Waals surface area contributed by atoms with Crippen molar-refractivity contribution in [3.05, 3.63) is 29.5 Å². The van der Waals surface area contributed by atoms with Crippen molar-refractivity contribution in [2.75, 3.05) is 13.4 Å². The van der Waals surface area contributed by atoms with Crippen LogP contribution in [0, 0.1) is 0 Å². The summed E-state index contributed by atoms with van der Waals surface area (Å²) in [6, 6.07) is 5.36. The molecular formula is C14H11NO5S2. The lowest BCUT2D eigenvalue weighted by Crippen LogP contribution is -1.98. The van der Waals surface area contributed by atoms with E-state index in [2.05, 4.69) is 4.99 Å². The Kier molecular flexibility index (Phi) is 4.39. The van der Waals surface area contributed by atoms with Crippen molar-refractivity contribution in [1.29, 1.82) is 0 Å². The van der Waals surface area contributed by atoms with Gasteiger partial charge < -0.3 is 14.2 Å². The largest absolute Gasteiger partial charge is 0.458 e. The zero-order valence-corrected chi connectivity index (χ0v) is 13.2. The standard InChI is InChI=1S/C14H11NO5S2/c1-2-18-14(17)22-13-15-9(12(16)21-13)5-8-3-4-10-11(6-8)20-7-19-10/h3-6H,2,7H2,1H3. The lowest BCUT2D eigenvalue weighted by atomic mass is 10.2. The quantitative estimate of drug-likeness (QED) is 0.605. The predicted octanol–water partition coefficient (Wildman–Crippen LogP) is 3.28. The molecule has 0 saturated carbocycles. The molecule has 0 bridgehead atoms. The van der Waals surface area contributed by atoms with Gasteiger partial charge in [-0.25, -0.2) is 9.79 Å². The van der Waals surface area contributed by atoms with Gasteiger partial charge in [0, 0.05) is 11.8 Å². The van der Waals surface area contributed by atoms with Gasteiger partial charge in [-0.1, -0.05) is 6.07 Å². The van der Waals surface area contributed by atoms with E-state index in [9.17, 15) is 9.59 Å². The van der Waals surface area contributed by atoms with Crippen LogP contribution in [0.3, 0.4) is 0 Å². The second kappa shape index (κ2) is 6.45. The number of ether oxygens (including phenoxy) is 3. The van der Waals surface area contributed by atoms with E-state index in [1.807, 2.05) is 6.07 Å². The highest BCUT2D eigenvalue weighted by molar-refractivity contribution is 8.49. The van der Waals surface area contributed by atoms with Gasteiger partial charge >= 0.3 is 5.30 Å². The summed E-state index contributed by atoms with van der Waals surface area (Å²) in [6.45, 7) is 2.21. The van der Waals surface area contributed by atoms with E-state index in [1.54, 1.807) is 25.1 Å². The van der Waals surface area contributed by atoms with Gasteiger partial charge in [-0.15, -0.1) is 0 Å². The Hall–Kier alpha value is -1.93. The first-order valence-corrected chi connectivity index (χ1v) is 8.06. The van der Waals surface area contributed by atoms with Crippen LogP contribution in [0.4, 0.5) is 4.79 Å². The topological polar surface area (TPSA) is 74.2 Å². The van der Waals surface area contributed by atoms with Crippen LogP contribution in [-0.2, 0) is 9.53 Å². The summed E-state index contributed by atoms with van der Waals surface area (Å²) in [5.74, 6) is 1.31. The molecule has 2 heterocycles. The number of fused-ring (bicyclic) bond motifs is 1. The Bertz CT molecular complexity index is 698. The zero-order chi connectivity index (χ0) is 15.5. The smallest absolute Gasteiger partial charge is 0.374 e. The van der Waals surface area contributed by atoms with Crippen LogP contribution in [-0.4, -0.2) is 28.2 Å². The van der Waals surface area contributed by atoms with Crippen LogP contribution < -0.4 is 9.47 Å². The highest BCUT2D eigenvalue weighted by atomic mass is 32.2. The maximum absolute atomic E-state index is 11.9. The molecule has 2 aliphatic rings. The molecule has 114 valence electrons. The molecule has 1 aromatic rings. The minimum absolute atomic E-state index is 0.197. The van der Waals surface area contributed by atoms with Gasteiger partial charge in [0.15, 0.2) is 11.5 Å². The molecule has 0 N–H and O–H groups in total. The molecule has 0 atom stereocenters. The third kappa shape index (κ3) is 3.28. The van der Waals surface area contributed by atoms with Gasteiger partial charge in [-0.3, -0.25) is 4.79 Å². The molecule has 2 aliphatic heterocycles. The van der Waals surface area contributed by atoms with Gasteiger partial charge in [0.1, 0.15) is 10.1 Å². The molecule has 8 heteroatoms. The second-order valence-electron chi connectivity index (χ2n) is 4.19. The fourth-order valence-corrected chi connectivity index (χ4v) is 3.39. The maximum atomic E-state index is 11.9. The van der Waals surface area contributed by atoms with E-state index < -0.39 is 5.30 Å². The van der Waals surface area contributed by atoms with Crippen molar-refractivity contribution >= 4 is 44.4 Å². The van der Waals surface area contributed by atoms with E-state index in [0.717, 1.165) is 29.1 Å². The average Bonchev–Trinajstić information content (AvgIpc) is 3.06. The second-order valence-corrected chi connectivity index (χ2v) is 6.34. The summed E-state index contributed by atoms with van der Waals surface area (Å²) in [4.78, 5) is 27.5. The number of hydrogen-bond donors (Lipinski definition) is 0. The molecule has 0 aromatic heterocycles. The Morgan fingerprint density at radius 1 is 1.45 bits per heavy atom. The Labute approximate surface area is 134 Å². The predicted molar refractivity (Wildman–Crippen MR) is 85.2 cm³/mol. The Balaban J connectivity index is 1.77. The molecule has 0 fully saturated rings. The third-order valence-corrected chi connectivity index (χ3v) is 4.44. The maximum Gasteiger partial charge on any atom is 0.374 e. The number of benzene rings is 1. The SMILES string of the molecule is CCOC(=O)SC1=NC(=Cc2ccc3c(c2)OCO3)C(=O)S1. The lowest BCUT2D eigenvalue weighted by molar-refractivity contribution is -0.107. The number of hydrogen-bond acceptors (Lipinski definition) is 8. The summed E-state index contributed by atoms with van der Waals surface area (Å²) in [7, 11) is 0. The first kappa shape index (κ1) is 15.0. The molecule has 6 nitrogen and oxygen atoms in total. The molecule has 22 heavy (non-hydrogen) atoms. The normalized spacial score (nSPS) is 17.8. The van der Waals surface area contributed by atoms with Crippen molar-refractivity contribution < 1.29 is 23.8 Å². The minimum Gasteiger partial charge on any atom is -0.458 e. The molecule has 1 aromatic carbocycles. The Morgan fingerprint density at radius 3 is 3.09 bits per heavy atom. The number of rotatable bonds is 2. The molecule has 0 radical (unpaired) electrons. The molecule has 0 unspecified atom stereocenters. The van der Waals surface area contributed by atoms with E-state index in [4.69, 9.17) is 14.2 Å².